The Morgan fingerprint density at radius 2 is 1.94 bits per heavy atom. The summed E-state index contributed by atoms with van der Waals surface area (Å²) in [5.74, 6) is 0. The lowest BCUT2D eigenvalue weighted by atomic mass is 10.2. The van der Waals surface area contributed by atoms with E-state index in [9.17, 15) is 4.79 Å². The standard InChI is InChI=1S/C12H7NOS2/c14-7-11-13-12-10(15-11)6-9(16-12)8-4-2-1-3-5-8/h1-7H. The molecule has 16 heavy (non-hydrogen) atoms. The second-order valence-corrected chi connectivity index (χ2v) is 5.41. The van der Waals surface area contributed by atoms with Gasteiger partial charge in [0.1, 0.15) is 4.83 Å². The summed E-state index contributed by atoms with van der Waals surface area (Å²) in [5.41, 5.74) is 1.20. The van der Waals surface area contributed by atoms with Crippen LogP contribution >= 0.6 is 22.7 Å². The van der Waals surface area contributed by atoms with Gasteiger partial charge in [0.05, 0.1) is 4.70 Å². The molecule has 0 fully saturated rings. The van der Waals surface area contributed by atoms with Gasteiger partial charge in [-0.2, -0.15) is 0 Å². The van der Waals surface area contributed by atoms with Gasteiger partial charge < -0.3 is 0 Å². The lowest BCUT2D eigenvalue weighted by Gasteiger charge is -1.93. The zero-order valence-corrected chi connectivity index (χ0v) is 9.85. The molecule has 2 nitrogen and oxygen atoms in total. The number of rotatable bonds is 2. The van der Waals surface area contributed by atoms with Crippen molar-refractivity contribution in [2.45, 2.75) is 0 Å². The molecule has 0 bridgehead atoms. The van der Waals surface area contributed by atoms with Gasteiger partial charge in [-0.15, -0.1) is 22.7 Å². The Hall–Kier alpha value is -1.52. The maximum absolute atomic E-state index is 10.6. The van der Waals surface area contributed by atoms with E-state index in [-0.39, 0.29) is 0 Å². The number of hydrogen-bond donors (Lipinski definition) is 0. The van der Waals surface area contributed by atoms with Crippen LogP contribution in [0.25, 0.3) is 20.0 Å². The van der Waals surface area contributed by atoms with Crippen molar-refractivity contribution >= 4 is 38.5 Å². The van der Waals surface area contributed by atoms with Crippen LogP contribution in [0.15, 0.2) is 36.4 Å². The first-order chi connectivity index (χ1) is 7.86. The Balaban J connectivity index is 2.13. The normalized spacial score (nSPS) is 10.8. The summed E-state index contributed by atoms with van der Waals surface area (Å²) in [6.07, 6.45) is 0.805. The third-order valence-corrected chi connectivity index (χ3v) is 4.40. The maximum atomic E-state index is 10.6. The minimum atomic E-state index is 0.556. The van der Waals surface area contributed by atoms with Crippen molar-refractivity contribution < 1.29 is 4.79 Å². The van der Waals surface area contributed by atoms with E-state index in [1.807, 2.05) is 18.2 Å². The van der Waals surface area contributed by atoms with Gasteiger partial charge in [-0.05, 0) is 11.6 Å². The molecule has 0 aliphatic rings. The third-order valence-electron chi connectivity index (χ3n) is 2.26. The molecule has 0 N–H and O–H groups in total. The Bertz CT molecular complexity index is 608. The van der Waals surface area contributed by atoms with Gasteiger partial charge in [-0.3, -0.25) is 4.79 Å². The first-order valence-electron chi connectivity index (χ1n) is 4.78. The monoisotopic (exact) mass is 245 g/mol. The molecule has 0 radical (unpaired) electrons. The fraction of sp³-hybridized carbons (Fsp3) is 0. The summed E-state index contributed by atoms with van der Waals surface area (Å²) in [5, 5.41) is 0.556. The summed E-state index contributed by atoms with van der Waals surface area (Å²) in [6, 6.07) is 12.3. The van der Waals surface area contributed by atoms with Crippen molar-refractivity contribution in [2.75, 3.05) is 0 Å². The highest BCUT2D eigenvalue weighted by Gasteiger charge is 2.08. The van der Waals surface area contributed by atoms with E-state index in [0.29, 0.717) is 5.01 Å². The summed E-state index contributed by atoms with van der Waals surface area (Å²) in [6.45, 7) is 0. The average molecular weight is 245 g/mol. The largest absolute Gasteiger partial charge is 0.295 e. The molecule has 3 rings (SSSR count). The van der Waals surface area contributed by atoms with Crippen LogP contribution in [0.5, 0.6) is 0 Å². The van der Waals surface area contributed by atoms with Crippen LogP contribution in [0.3, 0.4) is 0 Å². The molecule has 0 aliphatic heterocycles. The number of carbonyl (C=O) groups is 1. The van der Waals surface area contributed by atoms with Crippen molar-refractivity contribution in [1.29, 1.82) is 0 Å². The van der Waals surface area contributed by atoms with Gasteiger partial charge in [0.15, 0.2) is 11.3 Å². The summed E-state index contributed by atoms with van der Waals surface area (Å²) < 4.78 is 1.09. The van der Waals surface area contributed by atoms with Gasteiger partial charge in [0.25, 0.3) is 0 Å². The van der Waals surface area contributed by atoms with Gasteiger partial charge in [0.2, 0.25) is 0 Å². The molecule has 0 saturated heterocycles. The number of carbonyl (C=O) groups excluding carboxylic acids is 1. The molecule has 0 saturated carbocycles. The number of benzene rings is 1. The van der Waals surface area contributed by atoms with Crippen LogP contribution in [-0.2, 0) is 0 Å². The number of thiophene rings is 1. The number of hydrogen-bond acceptors (Lipinski definition) is 4. The minimum Gasteiger partial charge on any atom is -0.295 e. The molecule has 3 aromatic rings. The predicted molar refractivity (Wildman–Crippen MR) is 68.3 cm³/mol. The summed E-state index contributed by atoms with van der Waals surface area (Å²) in [7, 11) is 0. The number of aromatic nitrogens is 1. The molecular weight excluding hydrogens is 238 g/mol. The highest BCUT2D eigenvalue weighted by atomic mass is 32.1. The Morgan fingerprint density at radius 3 is 2.62 bits per heavy atom. The van der Waals surface area contributed by atoms with Crippen molar-refractivity contribution in [3.05, 3.63) is 41.4 Å². The van der Waals surface area contributed by atoms with Crippen LogP contribution in [0.4, 0.5) is 0 Å². The highest BCUT2D eigenvalue weighted by Crippen LogP contribution is 2.35. The number of aldehydes is 1. The van der Waals surface area contributed by atoms with Gasteiger partial charge in [-0.25, -0.2) is 4.98 Å². The molecule has 1 aromatic carbocycles. The fourth-order valence-electron chi connectivity index (χ4n) is 1.55. The van der Waals surface area contributed by atoms with Crippen LogP contribution in [0.1, 0.15) is 9.80 Å². The molecule has 0 amide bonds. The van der Waals surface area contributed by atoms with Gasteiger partial charge >= 0.3 is 0 Å². The van der Waals surface area contributed by atoms with Crippen LogP contribution in [-0.4, -0.2) is 11.3 Å². The van der Waals surface area contributed by atoms with Crippen LogP contribution < -0.4 is 0 Å². The molecule has 0 aliphatic carbocycles. The lowest BCUT2D eigenvalue weighted by molar-refractivity contribution is 0.112. The quantitative estimate of drug-likeness (QED) is 0.642. The first-order valence-corrected chi connectivity index (χ1v) is 6.41. The molecule has 0 atom stereocenters. The first kappa shape index (κ1) is 9.69. The van der Waals surface area contributed by atoms with E-state index in [2.05, 4.69) is 23.2 Å². The fourth-order valence-corrected chi connectivity index (χ4v) is 3.59. The molecule has 2 heterocycles. The van der Waals surface area contributed by atoms with Crippen molar-refractivity contribution in [1.82, 2.24) is 4.98 Å². The van der Waals surface area contributed by atoms with E-state index in [1.54, 1.807) is 11.3 Å². The molecule has 2 aromatic heterocycles. The molecule has 0 spiro atoms. The van der Waals surface area contributed by atoms with E-state index in [0.717, 1.165) is 15.8 Å². The van der Waals surface area contributed by atoms with Crippen LogP contribution in [0.2, 0.25) is 0 Å². The molecule has 0 unspecified atom stereocenters. The summed E-state index contributed by atoms with van der Waals surface area (Å²) in [4.78, 5) is 17.0. The molecule has 78 valence electrons. The third kappa shape index (κ3) is 1.56. The second-order valence-electron chi connectivity index (χ2n) is 3.32. The molecule has 4 heteroatoms. The number of fused-ring (bicyclic) bond motifs is 1. The van der Waals surface area contributed by atoms with E-state index in [1.165, 1.54) is 21.8 Å². The van der Waals surface area contributed by atoms with Crippen molar-refractivity contribution in [3.63, 3.8) is 0 Å². The van der Waals surface area contributed by atoms with E-state index < -0.39 is 0 Å². The minimum absolute atomic E-state index is 0.556. The number of nitrogens with zero attached hydrogens (tertiary/aromatic N) is 1. The van der Waals surface area contributed by atoms with Gasteiger partial charge in [-0.1, -0.05) is 30.3 Å². The van der Waals surface area contributed by atoms with Crippen LogP contribution in [0, 0.1) is 0 Å². The second kappa shape index (κ2) is 3.81. The zero-order valence-electron chi connectivity index (χ0n) is 8.21. The topological polar surface area (TPSA) is 30.0 Å². The predicted octanol–water partition coefficient (Wildman–Crippen LogP) is 3.84. The molecular formula is C12H7NOS2. The van der Waals surface area contributed by atoms with Gasteiger partial charge in [0, 0.05) is 4.88 Å². The Labute approximate surface area is 100 Å². The smallest absolute Gasteiger partial charge is 0.178 e. The zero-order chi connectivity index (χ0) is 11.0. The SMILES string of the molecule is O=Cc1nc2sc(-c3ccccc3)cc2s1. The van der Waals surface area contributed by atoms with Crippen molar-refractivity contribution in [3.8, 4) is 10.4 Å². The maximum Gasteiger partial charge on any atom is 0.178 e. The Morgan fingerprint density at radius 1 is 1.12 bits per heavy atom. The lowest BCUT2D eigenvalue weighted by Crippen LogP contribution is -1.72. The van der Waals surface area contributed by atoms with Crippen molar-refractivity contribution in [2.24, 2.45) is 0 Å². The van der Waals surface area contributed by atoms with E-state index >= 15 is 0 Å². The number of thiazole rings is 1. The Kier molecular flexibility index (Phi) is 2.31. The highest BCUT2D eigenvalue weighted by molar-refractivity contribution is 7.29. The van der Waals surface area contributed by atoms with E-state index in [4.69, 9.17) is 0 Å². The average Bonchev–Trinajstić information content (AvgIpc) is 2.87. The summed E-state index contributed by atoms with van der Waals surface area (Å²) >= 11 is 3.07.